The highest BCUT2D eigenvalue weighted by molar-refractivity contribution is 5.94. The van der Waals surface area contributed by atoms with Crippen LogP contribution in [-0.4, -0.2) is 43.2 Å². The minimum absolute atomic E-state index is 0.0556. The van der Waals surface area contributed by atoms with Gasteiger partial charge in [0.15, 0.2) is 5.79 Å². The first kappa shape index (κ1) is 15.9. The highest BCUT2D eigenvalue weighted by Crippen LogP contribution is 2.30. The van der Waals surface area contributed by atoms with E-state index >= 15 is 0 Å². The fourth-order valence-electron chi connectivity index (χ4n) is 2.42. The van der Waals surface area contributed by atoms with Crippen LogP contribution in [0.5, 0.6) is 0 Å². The van der Waals surface area contributed by atoms with Crippen molar-refractivity contribution in [3.63, 3.8) is 0 Å². The Balaban J connectivity index is 1.94. The molecule has 1 amide bonds. The molecule has 21 heavy (non-hydrogen) atoms. The molecule has 0 unspecified atom stereocenters. The molecule has 5 heteroatoms. The molecule has 2 rings (SSSR count). The molecule has 1 fully saturated rings. The highest BCUT2D eigenvalue weighted by Gasteiger charge is 2.36. The summed E-state index contributed by atoms with van der Waals surface area (Å²) in [5.74, 6) is -0.455. The maximum atomic E-state index is 11.7. The molecule has 116 valence electrons. The summed E-state index contributed by atoms with van der Waals surface area (Å²) < 4.78 is 11.3. The largest absolute Gasteiger partial charge is 0.395 e. The first-order valence-electron chi connectivity index (χ1n) is 7.31. The molecule has 0 aromatic heterocycles. The summed E-state index contributed by atoms with van der Waals surface area (Å²) in [6.45, 7) is 5.58. The molecule has 1 saturated heterocycles. The summed E-state index contributed by atoms with van der Waals surface area (Å²) in [6, 6.07) is 7.49. The molecule has 1 heterocycles. The van der Waals surface area contributed by atoms with E-state index in [1.807, 2.05) is 19.1 Å². The fourth-order valence-corrected chi connectivity index (χ4v) is 2.42. The van der Waals surface area contributed by atoms with E-state index in [0.29, 0.717) is 18.8 Å². The molecule has 1 aromatic carbocycles. The Morgan fingerprint density at radius 1 is 1.33 bits per heavy atom. The third-order valence-corrected chi connectivity index (χ3v) is 3.91. The normalized spacial score (nSPS) is 18.4. The van der Waals surface area contributed by atoms with Crippen LogP contribution in [0.3, 0.4) is 0 Å². The van der Waals surface area contributed by atoms with Crippen molar-refractivity contribution in [1.82, 2.24) is 5.32 Å². The molecule has 5 nitrogen and oxygen atoms in total. The lowest BCUT2D eigenvalue weighted by molar-refractivity contribution is -0.176. The van der Waals surface area contributed by atoms with Crippen molar-refractivity contribution in [2.75, 3.05) is 26.4 Å². The van der Waals surface area contributed by atoms with Gasteiger partial charge in [0.25, 0.3) is 5.91 Å². The second kappa shape index (κ2) is 7.02. The van der Waals surface area contributed by atoms with Crippen LogP contribution < -0.4 is 5.32 Å². The first-order chi connectivity index (χ1) is 10.0. The molecule has 0 aliphatic carbocycles. The van der Waals surface area contributed by atoms with Gasteiger partial charge in [0.05, 0.1) is 19.8 Å². The van der Waals surface area contributed by atoms with Gasteiger partial charge in [0.1, 0.15) is 0 Å². The van der Waals surface area contributed by atoms with E-state index in [-0.39, 0.29) is 25.0 Å². The summed E-state index contributed by atoms with van der Waals surface area (Å²) in [4.78, 5) is 11.7. The monoisotopic (exact) mass is 293 g/mol. The third kappa shape index (κ3) is 4.03. The maximum absolute atomic E-state index is 11.7. The Hall–Kier alpha value is -1.43. The number of ether oxygens (including phenoxy) is 2. The van der Waals surface area contributed by atoms with Crippen LogP contribution in [0, 0.1) is 5.92 Å². The third-order valence-electron chi connectivity index (χ3n) is 3.91. The minimum Gasteiger partial charge on any atom is -0.395 e. The number of aliphatic hydroxyl groups excluding tert-OH is 1. The number of hydrogen-bond donors (Lipinski definition) is 2. The van der Waals surface area contributed by atoms with Gasteiger partial charge in [0.2, 0.25) is 0 Å². The molecule has 0 bridgehead atoms. The van der Waals surface area contributed by atoms with E-state index < -0.39 is 5.79 Å². The molecule has 1 aromatic rings. The van der Waals surface area contributed by atoms with E-state index in [0.717, 1.165) is 12.0 Å². The van der Waals surface area contributed by atoms with Crippen molar-refractivity contribution in [3.8, 4) is 0 Å². The second-order valence-corrected chi connectivity index (χ2v) is 5.49. The van der Waals surface area contributed by atoms with Crippen LogP contribution in [0.1, 0.15) is 29.8 Å². The van der Waals surface area contributed by atoms with Crippen LogP contribution >= 0.6 is 0 Å². The molecular weight excluding hydrogens is 270 g/mol. The predicted octanol–water partition coefficient (Wildman–Crippen LogP) is 1.35. The molecule has 0 radical (unpaired) electrons. The van der Waals surface area contributed by atoms with Crippen molar-refractivity contribution in [2.24, 2.45) is 5.92 Å². The van der Waals surface area contributed by atoms with Gasteiger partial charge in [-0.1, -0.05) is 19.1 Å². The lowest BCUT2D eigenvalue weighted by Gasteiger charge is -2.29. The Bertz CT molecular complexity index is 466. The lowest BCUT2D eigenvalue weighted by atomic mass is 9.93. The Labute approximate surface area is 125 Å². The minimum atomic E-state index is -0.517. The number of amides is 1. The molecule has 1 aliphatic heterocycles. The van der Waals surface area contributed by atoms with Gasteiger partial charge < -0.3 is 19.9 Å². The van der Waals surface area contributed by atoms with E-state index in [4.69, 9.17) is 14.6 Å². The second-order valence-electron chi connectivity index (χ2n) is 5.49. The lowest BCUT2D eigenvalue weighted by Crippen LogP contribution is -2.35. The smallest absolute Gasteiger partial charge is 0.251 e. The predicted molar refractivity (Wildman–Crippen MR) is 79.0 cm³/mol. The Morgan fingerprint density at radius 3 is 2.52 bits per heavy atom. The zero-order valence-corrected chi connectivity index (χ0v) is 12.6. The van der Waals surface area contributed by atoms with Crippen molar-refractivity contribution in [3.05, 3.63) is 35.4 Å². The quantitative estimate of drug-likeness (QED) is 0.831. The zero-order valence-electron chi connectivity index (χ0n) is 12.6. The number of rotatable bonds is 6. The fraction of sp³-hybridized carbons (Fsp3) is 0.562. The van der Waals surface area contributed by atoms with Gasteiger partial charge in [-0.2, -0.15) is 0 Å². The van der Waals surface area contributed by atoms with Gasteiger partial charge >= 0.3 is 0 Å². The average molecular weight is 293 g/mol. The maximum Gasteiger partial charge on any atom is 0.251 e. The summed E-state index contributed by atoms with van der Waals surface area (Å²) in [7, 11) is 0. The van der Waals surface area contributed by atoms with Crippen LogP contribution in [-0.2, 0) is 15.9 Å². The molecule has 0 saturated carbocycles. The number of aliphatic hydroxyl groups is 1. The van der Waals surface area contributed by atoms with Gasteiger partial charge in [-0.25, -0.2) is 0 Å². The van der Waals surface area contributed by atoms with E-state index in [1.54, 1.807) is 12.1 Å². The summed E-state index contributed by atoms with van der Waals surface area (Å²) >= 11 is 0. The van der Waals surface area contributed by atoms with Crippen LogP contribution in [0.4, 0.5) is 0 Å². The molecule has 0 spiro atoms. The van der Waals surface area contributed by atoms with Gasteiger partial charge in [0, 0.05) is 18.0 Å². The topological polar surface area (TPSA) is 67.8 Å². The number of carbonyl (C=O) groups excluding carboxylic acids is 1. The average Bonchev–Trinajstić information content (AvgIpc) is 2.94. The zero-order chi connectivity index (χ0) is 15.3. The van der Waals surface area contributed by atoms with Crippen LogP contribution in [0.2, 0.25) is 0 Å². The first-order valence-corrected chi connectivity index (χ1v) is 7.31. The van der Waals surface area contributed by atoms with Crippen LogP contribution in [0.25, 0.3) is 0 Å². The highest BCUT2D eigenvalue weighted by atomic mass is 16.7. The van der Waals surface area contributed by atoms with Gasteiger partial charge in [-0.05, 0) is 31.0 Å². The van der Waals surface area contributed by atoms with E-state index in [1.165, 1.54) is 0 Å². The molecule has 1 aliphatic rings. The standard InChI is InChI=1S/C16H23NO4/c1-12(16(2)20-9-10-21-16)11-13-3-5-14(6-4-13)15(19)17-7-8-18/h3-6,12,18H,7-11H2,1-2H3,(H,17,19)/t12-/m0/s1. The molecule has 1 atom stereocenters. The van der Waals surface area contributed by atoms with Gasteiger partial charge in [-0.3, -0.25) is 4.79 Å². The van der Waals surface area contributed by atoms with Crippen molar-refractivity contribution >= 4 is 5.91 Å². The Morgan fingerprint density at radius 2 is 1.95 bits per heavy atom. The Kier molecular flexibility index (Phi) is 5.33. The van der Waals surface area contributed by atoms with Crippen LogP contribution in [0.15, 0.2) is 24.3 Å². The number of nitrogens with one attached hydrogen (secondary N) is 1. The summed E-state index contributed by atoms with van der Waals surface area (Å²) in [5, 5.41) is 11.3. The summed E-state index contributed by atoms with van der Waals surface area (Å²) in [6.07, 6.45) is 0.828. The van der Waals surface area contributed by atoms with E-state index in [2.05, 4.69) is 12.2 Å². The molecular formula is C16H23NO4. The summed E-state index contributed by atoms with van der Waals surface area (Å²) in [5.41, 5.74) is 1.74. The SMILES string of the molecule is C[C@@H](Cc1ccc(C(=O)NCCO)cc1)C1(C)OCCO1. The van der Waals surface area contributed by atoms with Crippen molar-refractivity contribution in [2.45, 2.75) is 26.1 Å². The molecule has 2 N–H and O–H groups in total. The van der Waals surface area contributed by atoms with Crippen molar-refractivity contribution in [1.29, 1.82) is 0 Å². The number of benzene rings is 1. The van der Waals surface area contributed by atoms with Gasteiger partial charge in [-0.15, -0.1) is 0 Å². The van der Waals surface area contributed by atoms with E-state index in [9.17, 15) is 4.79 Å². The van der Waals surface area contributed by atoms with Crippen molar-refractivity contribution < 1.29 is 19.4 Å². The number of hydrogen-bond acceptors (Lipinski definition) is 4. The number of carbonyl (C=O) groups is 1.